The topological polar surface area (TPSA) is 109 Å². The maximum absolute atomic E-state index is 12.2. The van der Waals surface area contributed by atoms with Gasteiger partial charge in [-0.2, -0.15) is 0 Å². The molecule has 0 unspecified atom stereocenters. The molecule has 0 saturated carbocycles. The lowest BCUT2D eigenvalue weighted by atomic mass is 10.2. The molecule has 0 heterocycles. The minimum Gasteiger partial charge on any atom is -0.493 e. The molecule has 0 aliphatic carbocycles. The van der Waals surface area contributed by atoms with Gasteiger partial charge in [0.15, 0.2) is 0 Å². The Hall–Kier alpha value is -3.55. The van der Waals surface area contributed by atoms with Crippen LogP contribution in [0.1, 0.15) is 22.8 Å². The standard InChI is InChI=1S/C20H24N4O4/c1-3-28-17-7-5-4-6-16(17)20(27)22-13-19(26)24-23-18(25)12-21-15-10-8-14(2)9-11-15/h4-11,21H,3,12-13H2,1-2H3,(H,22,27)(H,23,25)(H,24,26). The van der Waals surface area contributed by atoms with Gasteiger partial charge in [-0.25, -0.2) is 0 Å². The first-order chi connectivity index (χ1) is 13.5. The molecular weight excluding hydrogens is 360 g/mol. The summed E-state index contributed by atoms with van der Waals surface area (Å²) in [6.07, 6.45) is 0. The number of ether oxygens (including phenoxy) is 1. The summed E-state index contributed by atoms with van der Waals surface area (Å²) in [7, 11) is 0. The number of hydrazine groups is 1. The third-order valence-electron chi connectivity index (χ3n) is 3.69. The molecule has 0 atom stereocenters. The van der Waals surface area contributed by atoms with Crippen molar-refractivity contribution in [3.05, 3.63) is 59.7 Å². The highest BCUT2D eigenvalue weighted by molar-refractivity contribution is 5.98. The van der Waals surface area contributed by atoms with Gasteiger partial charge in [-0.1, -0.05) is 29.8 Å². The van der Waals surface area contributed by atoms with Gasteiger partial charge in [0.1, 0.15) is 5.75 Å². The molecule has 28 heavy (non-hydrogen) atoms. The Morgan fingerprint density at radius 3 is 2.21 bits per heavy atom. The SMILES string of the molecule is CCOc1ccccc1C(=O)NCC(=O)NNC(=O)CNc1ccc(C)cc1. The molecule has 0 aliphatic heterocycles. The molecule has 148 valence electrons. The van der Waals surface area contributed by atoms with Gasteiger partial charge in [-0.3, -0.25) is 25.2 Å². The third-order valence-corrected chi connectivity index (χ3v) is 3.69. The number of amides is 3. The first-order valence-corrected chi connectivity index (χ1v) is 8.88. The van der Waals surface area contributed by atoms with Gasteiger partial charge in [0, 0.05) is 5.69 Å². The van der Waals surface area contributed by atoms with Crippen LogP contribution in [0.25, 0.3) is 0 Å². The Labute approximate surface area is 163 Å². The zero-order valence-corrected chi connectivity index (χ0v) is 15.9. The van der Waals surface area contributed by atoms with Crippen molar-refractivity contribution in [2.45, 2.75) is 13.8 Å². The van der Waals surface area contributed by atoms with Crippen LogP contribution in [-0.2, 0) is 9.59 Å². The molecule has 8 heteroatoms. The fraction of sp³-hybridized carbons (Fsp3) is 0.250. The first kappa shape index (κ1) is 20.8. The molecule has 0 spiro atoms. The van der Waals surface area contributed by atoms with Crippen molar-refractivity contribution in [2.24, 2.45) is 0 Å². The number of hydrogen-bond donors (Lipinski definition) is 4. The summed E-state index contributed by atoms with van der Waals surface area (Å²) in [6.45, 7) is 3.93. The summed E-state index contributed by atoms with van der Waals surface area (Å²) in [5.41, 5.74) is 6.79. The van der Waals surface area contributed by atoms with Crippen LogP contribution < -0.4 is 26.2 Å². The molecular formula is C20H24N4O4. The molecule has 8 nitrogen and oxygen atoms in total. The molecule has 2 aromatic carbocycles. The molecule has 0 saturated heterocycles. The minimum atomic E-state index is -0.550. The Kier molecular flexibility index (Phi) is 7.83. The van der Waals surface area contributed by atoms with E-state index in [1.165, 1.54) is 0 Å². The van der Waals surface area contributed by atoms with Gasteiger partial charge in [0.2, 0.25) is 0 Å². The van der Waals surface area contributed by atoms with E-state index in [1.807, 2.05) is 38.1 Å². The Balaban J connectivity index is 1.71. The van der Waals surface area contributed by atoms with Crippen LogP contribution in [0.3, 0.4) is 0 Å². The highest BCUT2D eigenvalue weighted by Crippen LogP contribution is 2.17. The fourth-order valence-corrected chi connectivity index (χ4v) is 2.27. The summed E-state index contributed by atoms with van der Waals surface area (Å²) in [4.78, 5) is 35.8. The summed E-state index contributed by atoms with van der Waals surface area (Å²) in [5.74, 6) is -0.960. The zero-order valence-electron chi connectivity index (χ0n) is 15.9. The molecule has 2 aromatic rings. The van der Waals surface area contributed by atoms with Gasteiger partial charge in [0.05, 0.1) is 25.3 Å². The monoisotopic (exact) mass is 384 g/mol. The van der Waals surface area contributed by atoms with Crippen molar-refractivity contribution in [1.82, 2.24) is 16.2 Å². The number of carbonyl (C=O) groups is 3. The maximum Gasteiger partial charge on any atom is 0.257 e. The zero-order chi connectivity index (χ0) is 20.4. The van der Waals surface area contributed by atoms with Gasteiger partial charge >= 0.3 is 0 Å². The smallest absolute Gasteiger partial charge is 0.257 e. The van der Waals surface area contributed by atoms with Crippen LogP contribution in [0, 0.1) is 6.92 Å². The number of rotatable bonds is 8. The third kappa shape index (κ3) is 6.64. The van der Waals surface area contributed by atoms with E-state index >= 15 is 0 Å². The number of carbonyl (C=O) groups excluding carboxylic acids is 3. The molecule has 0 bridgehead atoms. The van der Waals surface area contributed by atoms with E-state index in [0.717, 1.165) is 11.3 Å². The van der Waals surface area contributed by atoms with Crippen molar-refractivity contribution in [1.29, 1.82) is 0 Å². The molecule has 0 radical (unpaired) electrons. The van der Waals surface area contributed by atoms with Crippen LogP contribution >= 0.6 is 0 Å². The molecule has 4 N–H and O–H groups in total. The second-order valence-corrected chi connectivity index (χ2v) is 5.93. The quantitative estimate of drug-likeness (QED) is 0.514. The van der Waals surface area contributed by atoms with Crippen LogP contribution in [0.15, 0.2) is 48.5 Å². The van der Waals surface area contributed by atoms with Gasteiger partial charge in [-0.15, -0.1) is 0 Å². The van der Waals surface area contributed by atoms with E-state index in [4.69, 9.17) is 4.74 Å². The van der Waals surface area contributed by atoms with Gasteiger partial charge in [-0.05, 0) is 38.1 Å². The van der Waals surface area contributed by atoms with Crippen molar-refractivity contribution >= 4 is 23.4 Å². The fourth-order valence-electron chi connectivity index (χ4n) is 2.27. The maximum atomic E-state index is 12.2. The number of anilines is 1. The van der Waals surface area contributed by atoms with E-state index in [9.17, 15) is 14.4 Å². The second-order valence-electron chi connectivity index (χ2n) is 5.93. The Bertz CT molecular complexity index is 821. The minimum absolute atomic E-state index is 0.00255. The highest BCUT2D eigenvalue weighted by Gasteiger charge is 2.13. The summed E-state index contributed by atoms with van der Waals surface area (Å²) < 4.78 is 5.39. The summed E-state index contributed by atoms with van der Waals surface area (Å²) >= 11 is 0. The predicted molar refractivity (Wildman–Crippen MR) is 106 cm³/mol. The number of aryl methyl sites for hydroxylation is 1. The molecule has 0 fully saturated rings. The lowest BCUT2D eigenvalue weighted by Gasteiger charge is -2.11. The molecule has 0 aliphatic rings. The van der Waals surface area contributed by atoms with E-state index in [0.29, 0.717) is 17.9 Å². The largest absolute Gasteiger partial charge is 0.493 e. The van der Waals surface area contributed by atoms with Crippen LogP contribution in [0.5, 0.6) is 5.75 Å². The van der Waals surface area contributed by atoms with Crippen molar-refractivity contribution < 1.29 is 19.1 Å². The summed E-state index contributed by atoms with van der Waals surface area (Å²) in [6, 6.07) is 14.3. The predicted octanol–water partition coefficient (Wildman–Crippen LogP) is 1.38. The number of benzene rings is 2. The average molecular weight is 384 g/mol. The van der Waals surface area contributed by atoms with Crippen molar-refractivity contribution in [2.75, 3.05) is 25.0 Å². The van der Waals surface area contributed by atoms with E-state index in [-0.39, 0.29) is 13.1 Å². The number of hydrogen-bond acceptors (Lipinski definition) is 5. The van der Waals surface area contributed by atoms with Crippen molar-refractivity contribution in [3.8, 4) is 5.75 Å². The normalized spacial score (nSPS) is 9.93. The van der Waals surface area contributed by atoms with E-state index < -0.39 is 17.7 Å². The molecule has 0 aromatic heterocycles. The van der Waals surface area contributed by atoms with Gasteiger partial charge < -0.3 is 15.4 Å². The lowest BCUT2D eigenvalue weighted by Crippen LogP contribution is -2.48. The number of nitrogens with one attached hydrogen (secondary N) is 4. The average Bonchev–Trinajstić information content (AvgIpc) is 2.70. The van der Waals surface area contributed by atoms with Crippen molar-refractivity contribution in [3.63, 3.8) is 0 Å². The van der Waals surface area contributed by atoms with Crippen LogP contribution in [0.4, 0.5) is 5.69 Å². The number of para-hydroxylation sites is 1. The Morgan fingerprint density at radius 1 is 0.893 bits per heavy atom. The highest BCUT2D eigenvalue weighted by atomic mass is 16.5. The van der Waals surface area contributed by atoms with Crippen LogP contribution in [0.2, 0.25) is 0 Å². The van der Waals surface area contributed by atoms with E-state index in [2.05, 4.69) is 21.5 Å². The Morgan fingerprint density at radius 2 is 1.54 bits per heavy atom. The molecule has 2 rings (SSSR count). The van der Waals surface area contributed by atoms with E-state index in [1.54, 1.807) is 24.3 Å². The molecule has 3 amide bonds. The second kappa shape index (κ2) is 10.6. The first-order valence-electron chi connectivity index (χ1n) is 8.88. The lowest BCUT2D eigenvalue weighted by molar-refractivity contribution is -0.127. The summed E-state index contributed by atoms with van der Waals surface area (Å²) in [5, 5.41) is 5.42. The van der Waals surface area contributed by atoms with Crippen LogP contribution in [-0.4, -0.2) is 37.4 Å². The van der Waals surface area contributed by atoms with Gasteiger partial charge in [0.25, 0.3) is 17.7 Å².